The van der Waals surface area contributed by atoms with E-state index in [0.29, 0.717) is 47.0 Å². The minimum absolute atomic E-state index is 0.0414. The summed E-state index contributed by atoms with van der Waals surface area (Å²) in [6, 6.07) is 21.3. The number of benzene rings is 3. The zero-order valence-electron chi connectivity index (χ0n) is 23.9. The van der Waals surface area contributed by atoms with Crippen molar-refractivity contribution >= 4 is 35.0 Å². The highest BCUT2D eigenvalue weighted by molar-refractivity contribution is 6.33. The van der Waals surface area contributed by atoms with Crippen LogP contribution in [-0.4, -0.2) is 50.3 Å². The minimum atomic E-state index is -0.136. The molecule has 42 heavy (non-hydrogen) atoms. The third-order valence-electron chi connectivity index (χ3n) is 7.28. The van der Waals surface area contributed by atoms with Crippen LogP contribution in [0.1, 0.15) is 18.4 Å². The molecule has 1 aromatic heterocycles. The maximum atomic E-state index is 13.1. The molecule has 3 aromatic carbocycles. The van der Waals surface area contributed by atoms with E-state index in [1.54, 1.807) is 39.7 Å². The Morgan fingerprint density at radius 3 is 2.43 bits per heavy atom. The van der Waals surface area contributed by atoms with Crippen LogP contribution in [-0.2, 0) is 11.3 Å². The van der Waals surface area contributed by atoms with Gasteiger partial charge in [-0.1, -0.05) is 54.1 Å². The van der Waals surface area contributed by atoms with Gasteiger partial charge in [-0.25, -0.2) is 4.98 Å². The standard InChI is InChI=1S/C32H34ClN5O4/c1-40-27-17-24(18-28(41-2)30(27)42-3)36-32-34-15-14-29(37-32)38-16-6-7-23(20-38)31(39)35-19-21-10-12-22(13-11-21)25-8-4-5-9-26(25)33/h4-5,8-15,17-18,23H,6-7,16,19-20H2,1-3H3,(H,35,39)(H,34,36,37). The number of hydrogen-bond acceptors (Lipinski definition) is 8. The van der Waals surface area contributed by atoms with Crippen LogP contribution in [0.3, 0.4) is 0 Å². The molecule has 0 spiro atoms. The van der Waals surface area contributed by atoms with Crippen LogP contribution < -0.4 is 29.7 Å². The monoisotopic (exact) mass is 587 g/mol. The summed E-state index contributed by atoms with van der Waals surface area (Å²) in [5.74, 6) is 2.64. The number of halogens is 1. The molecule has 2 heterocycles. The zero-order valence-corrected chi connectivity index (χ0v) is 24.6. The molecule has 0 saturated carbocycles. The lowest BCUT2D eigenvalue weighted by atomic mass is 9.97. The lowest BCUT2D eigenvalue weighted by Crippen LogP contribution is -2.43. The summed E-state index contributed by atoms with van der Waals surface area (Å²) in [5.41, 5.74) is 3.76. The number of aromatic nitrogens is 2. The van der Waals surface area contributed by atoms with E-state index in [1.165, 1.54) is 0 Å². The molecule has 1 atom stereocenters. The van der Waals surface area contributed by atoms with Gasteiger partial charge in [-0.05, 0) is 36.1 Å². The SMILES string of the molecule is COc1cc(Nc2nccc(N3CCCC(C(=O)NCc4ccc(-c5ccccc5Cl)cc4)C3)n2)cc(OC)c1OC. The zero-order chi connectivity index (χ0) is 29.5. The summed E-state index contributed by atoms with van der Waals surface area (Å²) in [5, 5.41) is 7.05. The first-order chi connectivity index (χ1) is 20.5. The number of ether oxygens (including phenoxy) is 3. The molecular weight excluding hydrogens is 554 g/mol. The van der Waals surface area contributed by atoms with Crippen LogP contribution in [0, 0.1) is 5.92 Å². The van der Waals surface area contributed by atoms with E-state index in [1.807, 2.05) is 54.6 Å². The molecule has 0 bridgehead atoms. The van der Waals surface area contributed by atoms with Crippen LogP contribution in [0.15, 0.2) is 72.9 Å². The van der Waals surface area contributed by atoms with Crippen molar-refractivity contribution in [1.29, 1.82) is 0 Å². The first-order valence-electron chi connectivity index (χ1n) is 13.8. The summed E-state index contributed by atoms with van der Waals surface area (Å²) in [6.45, 7) is 1.86. The maximum Gasteiger partial charge on any atom is 0.229 e. The van der Waals surface area contributed by atoms with E-state index < -0.39 is 0 Å². The molecule has 4 aromatic rings. The number of amides is 1. The van der Waals surface area contributed by atoms with Crippen molar-refractivity contribution in [2.24, 2.45) is 5.92 Å². The topological polar surface area (TPSA) is 97.8 Å². The molecule has 5 rings (SSSR count). The van der Waals surface area contributed by atoms with Gasteiger partial charge in [-0.2, -0.15) is 4.98 Å². The van der Waals surface area contributed by atoms with Crippen molar-refractivity contribution < 1.29 is 19.0 Å². The number of hydrogen-bond donors (Lipinski definition) is 2. The summed E-state index contributed by atoms with van der Waals surface area (Å²) >= 11 is 6.34. The number of rotatable bonds is 10. The molecule has 9 nitrogen and oxygen atoms in total. The van der Waals surface area contributed by atoms with Crippen molar-refractivity contribution in [2.45, 2.75) is 19.4 Å². The van der Waals surface area contributed by atoms with E-state index >= 15 is 0 Å². The fourth-order valence-electron chi connectivity index (χ4n) is 5.10. The number of nitrogens with one attached hydrogen (secondary N) is 2. The number of methoxy groups -OCH3 is 3. The lowest BCUT2D eigenvalue weighted by molar-refractivity contribution is -0.125. The Bertz CT molecular complexity index is 1510. The summed E-state index contributed by atoms with van der Waals surface area (Å²) in [7, 11) is 4.70. The van der Waals surface area contributed by atoms with Gasteiger partial charge in [-0.15, -0.1) is 0 Å². The Kier molecular flexibility index (Phi) is 9.28. The van der Waals surface area contributed by atoms with Gasteiger partial charge in [0.05, 0.1) is 27.2 Å². The van der Waals surface area contributed by atoms with Crippen molar-refractivity contribution in [3.8, 4) is 28.4 Å². The normalized spacial score (nSPS) is 14.7. The molecule has 1 fully saturated rings. The highest BCUT2D eigenvalue weighted by Crippen LogP contribution is 2.40. The van der Waals surface area contributed by atoms with Gasteiger partial charge in [0.15, 0.2) is 11.5 Å². The van der Waals surface area contributed by atoms with Crippen molar-refractivity contribution in [3.05, 3.63) is 83.5 Å². The molecule has 1 unspecified atom stereocenters. The van der Waals surface area contributed by atoms with Crippen LogP contribution in [0.25, 0.3) is 11.1 Å². The second-order valence-corrected chi connectivity index (χ2v) is 10.4. The number of nitrogens with zero attached hydrogens (tertiary/aromatic N) is 3. The molecule has 1 amide bonds. The quantitative estimate of drug-likeness (QED) is 0.230. The van der Waals surface area contributed by atoms with E-state index in [4.69, 9.17) is 30.8 Å². The Labute approximate surface area is 250 Å². The van der Waals surface area contributed by atoms with Crippen molar-refractivity contribution in [2.75, 3.05) is 44.6 Å². The largest absolute Gasteiger partial charge is 0.493 e. The van der Waals surface area contributed by atoms with E-state index in [0.717, 1.165) is 41.9 Å². The maximum absolute atomic E-state index is 13.1. The smallest absolute Gasteiger partial charge is 0.229 e. The Hall–Kier alpha value is -4.50. The Morgan fingerprint density at radius 1 is 1.00 bits per heavy atom. The Morgan fingerprint density at radius 2 is 1.74 bits per heavy atom. The molecule has 1 aliphatic rings. The highest BCUT2D eigenvalue weighted by Gasteiger charge is 2.27. The molecule has 0 aliphatic carbocycles. The summed E-state index contributed by atoms with van der Waals surface area (Å²) in [4.78, 5) is 24.4. The second kappa shape index (κ2) is 13.4. The minimum Gasteiger partial charge on any atom is -0.493 e. The molecule has 1 saturated heterocycles. The van der Waals surface area contributed by atoms with Gasteiger partial charge in [0.1, 0.15) is 5.82 Å². The first kappa shape index (κ1) is 29.0. The predicted octanol–water partition coefficient (Wildman–Crippen LogP) is 6.10. The number of anilines is 3. The number of carbonyl (C=O) groups excluding carboxylic acids is 1. The van der Waals surface area contributed by atoms with Crippen LogP contribution in [0.5, 0.6) is 17.2 Å². The Balaban J connectivity index is 1.20. The van der Waals surface area contributed by atoms with Crippen LogP contribution >= 0.6 is 11.6 Å². The molecule has 10 heteroatoms. The van der Waals surface area contributed by atoms with E-state index in [-0.39, 0.29) is 11.8 Å². The fourth-order valence-corrected chi connectivity index (χ4v) is 5.34. The van der Waals surface area contributed by atoms with Gasteiger partial charge >= 0.3 is 0 Å². The van der Waals surface area contributed by atoms with Gasteiger partial charge < -0.3 is 29.7 Å². The molecular formula is C32H34ClN5O4. The first-order valence-corrected chi connectivity index (χ1v) is 14.1. The van der Waals surface area contributed by atoms with Gasteiger partial charge in [0, 0.05) is 54.2 Å². The van der Waals surface area contributed by atoms with E-state index in [9.17, 15) is 4.79 Å². The molecule has 1 aliphatic heterocycles. The van der Waals surface area contributed by atoms with Crippen molar-refractivity contribution in [1.82, 2.24) is 15.3 Å². The van der Waals surface area contributed by atoms with Gasteiger partial charge in [0.25, 0.3) is 0 Å². The summed E-state index contributed by atoms with van der Waals surface area (Å²) < 4.78 is 16.3. The molecule has 0 radical (unpaired) electrons. The highest BCUT2D eigenvalue weighted by atomic mass is 35.5. The number of carbonyl (C=O) groups is 1. The average Bonchev–Trinajstić information content (AvgIpc) is 3.04. The fraction of sp³-hybridized carbons (Fsp3) is 0.281. The third-order valence-corrected chi connectivity index (χ3v) is 7.61. The van der Waals surface area contributed by atoms with Gasteiger partial charge in [-0.3, -0.25) is 4.79 Å². The third kappa shape index (κ3) is 6.69. The van der Waals surface area contributed by atoms with Crippen LogP contribution in [0.4, 0.5) is 17.5 Å². The predicted molar refractivity (Wildman–Crippen MR) is 165 cm³/mol. The van der Waals surface area contributed by atoms with Gasteiger partial charge in [0.2, 0.25) is 17.6 Å². The van der Waals surface area contributed by atoms with Crippen LogP contribution in [0.2, 0.25) is 5.02 Å². The average molecular weight is 588 g/mol. The molecule has 218 valence electrons. The van der Waals surface area contributed by atoms with Crippen molar-refractivity contribution in [3.63, 3.8) is 0 Å². The summed E-state index contributed by atoms with van der Waals surface area (Å²) in [6.07, 6.45) is 3.43. The second-order valence-electron chi connectivity index (χ2n) is 9.96. The number of piperidine rings is 1. The van der Waals surface area contributed by atoms with E-state index in [2.05, 4.69) is 20.5 Å². The lowest BCUT2D eigenvalue weighted by Gasteiger charge is -2.33. The molecule has 2 N–H and O–H groups in total.